The van der Waals surface area contributed by atoms with Gasteiger partial charge in [-0.25, -0.2) is 8.78 Å². The van der Waals surface area contributed by atoms with Crippen molar-refractivity contribution in [2.24, 2.45) is 0 Å². The zero-order valence-corrected chi connectivity index (χ0v) is 15.3. The molecule has 1 amide bonds. The fourth-order valence-electron chi connectivity index (χ4n) is 2.20. The Morgan fingerprint density at radius 1 is 1.12 bits per heavy atom. The first-order valence-corrected chi connectivity index (χ1v) is 8.18. The topological polar surface area (TPSA) is 47.6 Å². The van der Waals surface area contributed by atoms with Crippen molar-refractivity contribution in [3.05, 3.63) is 56.7 Å². The number of amides is 1. The number of methoxy groups -OCH3 is 2. The molecule has 0 aliphatic heterocycles. The van der Waals surface area contributed by atoms with E-state index in [0.717, 1.165) is 0 Å². The van der Waals surface area contributed by atoms with E-state index in [9.17, 15) is 13.6 Å². The predicted molar refractivity (Wildman–Crippen MR) is 94.7 cm³/mol. The third kappa shape index (κ3) is 4.14. The van der Waals surface area contributed by atoms with Crippen LogP contribution in [0.4, 0.5) is 8.78 Å². The van der Waals surface area contributed by atoms with Crippen LogP contribution in [-0.2, 0) is 6.42 Å². The van der Waals surface area contributed by atoms with Crippen molar-refractivity contribution in [2.75, 3.05) is 20.8 Å². The molecule has 24 heavy (non-hydrogen) atoms. The number of nitrogens with one attached hydrogen (secondary N) is 1. The van der Waals surface area contributed by atoms with Crippen molar-refractivity contribution in [2.45, 2.75) is 6.42 Å². The van der Waals surface area contributed by atoms with Crippen molar-refractivity contribution in [1.29, 1.82) is 0 Å². The summed E-state index contributed by atoms with van der Waals surface area (Å²) < 4.78 is 38.2. The van der Waals surface area contributed by atoms with Gasteiger partial charge in [-0.15, -0.1) is 0 Å². The molecule has 0 aliphatic carbocycles. The zero-order valence-electron chi connectivity index (χ0n) is 13.2. The maximum Gasteiger partial charge on any atom is 0.252 e. The minimum absolute atomic E-state index is 0.0418. The number of halogens is 3. The predicted octanol–water partition coefficient (Wildman–Crippen LogP) is 3.56. The molecule has 0 atom stereocenters. The second-order valence-corrected chi connectivity index (χ2v) is 6.06. The maximum absolute atomic E-state index is 13.6. The van der Waals surface area contributed by atoms with Gasteiger partial charge in [-0.05, 0) is 53.3 Å². The van der Waals surface area contributed by atoms with Crippen LogP contribution in [0.25, 0.3) is 0 Å². The Labute approximate surface area is 152 Å². The summed E-state index contributed by atoms with van der Waals surface area (Å²) in [6, 6.07) is 6.94. The Balaban J connectivity index is 2.08. The molecule has 2 aromatic carbocycles. The molecule has 7 heteroatoms. The molecule has 4 nitrogen and oxygen atoms in total. The number of hydrogen-bond acceptors (Lipinski definition) is 3. The van der Waals surface area contributed by atoms with Crippen LogP contribution in [-0.4, -0.2) is 26.7 Å². The summed E-state index contributed by atoms with van der Waals surface area (Å²) in [6.45, 7) is 0.112. The van der Waals surface area contributed by atoms with Gasteiger partial charge in [0, 0.05) is 15.7 Å². The highest BCUT2D eigenvalue weighted by molar-refractivity contribution is 14.1. The van der Waals surface area contributed by atoms with E-state index in [4.69, 9.17) is 9.47 Å². The van der Waals surface area contributed by atoms with Crippen LogP contribution >= 0.6 is 22.6 Å². The normalized spacial score (nSPS) is 10.4. The molecule has 128 valence electrons. The lowest BCUT2D eigenvalue weighted by atomic mass is 10.1. The van der Waals surface area contributed by atoms with E-state index in [1.807, 2.05) is 22.6 Å². The number of carbonyl (C=O) groups excluding carboxylic acids is 1. The number of rotatable bonds is 6. The van der Waals surface area contributed by atoms with E-state index in [0.29, 0.717) is 20.6 Å². The van der Waals surface area contributed by atoms with E-state index >= 15 is 0 Å². The summed E-state index contributed by atoms with van der Waals surface area (Å²) in [7, 11) is 2.99. The van der Waals surface area contributed by atoms with E-state index in [-0.39, 0.29) is 24.4 Å². The molecular formula is C17H16F2INO3. The summed E-state index contributed by atoms with van der Waals surface area (Å²) in [5.41, 5.74) is 0.363. The van der Waals surface area contributed by atoms with Crippen LogP contribution in [0.15, 0.2) is 30.3 Å². The Morgan fingerprint density at radius 3 is 2.29 bits per heavy atom. The van der Waals surface area contributed by atoms with E-state index in [2.05, 4.69) is 5.32 Å². The van der Waals surface area contributed by atoms with Gasteiger partial charge in [-0.3, -0.25) is 4.79 Å². The minimum Gasteiger partial charge on any atom is -0.493 e. The van der Waals surface area contributed by atoms with Gasteiger partial charge in [-0.2, -0.15) is 0 Å². The Kier molecular flexibility index (Phi) is 6.36. The van der Waals surface area contributed by atoms with Gasteiger partial charge in [0.2, 0.25) is 0 Å². The standard InChI is InChI=1S/C17H16F2INO3/c1-23-15-8-11(14(20)9-16(15)24-2)17(22)21-7-6-10-12(18)4-3-5-13(10)19/h3-5,8-9H,6-7H2,1-2H3,(H,21,22). The SMILES string of the molecule is COc1cc(I)c(C(=O)NCCc2c(F)cccc2F)cc1OC. The van der Waals surface area contributed by atoms with Crippen LogP contribution < -0.4 is 14.8 Å². The summed E-state index contributed by atoms with van der Waals surface area (Å²) in [4.78, 5) is 12.3. The first-order valence-electron chi connectivity index (χ1n) is 7.10. The van der Waals surface area contributed by atoms with E-state index < -0.39 is 11.6 Å². The zero-order chi connectivity index (χ0) is 17.7. The largest absolute Gasteiger partial charge is 0.493 e. The van der Waals surface area contributed by atoms with E-state index in [1.165, 1.54) is 32.4 Å². The molecule has 0 unspecified atom stereocenters. The maximum atomic E-state index is 13.6. The van der Waals surface area contributed by atoms with Gasteiger partial charge in [0.1, 0.15) is 11.6 Å². The average Bonchev–Trinajstić information content (AvgIpc) is 2.57. The summed E-state index contributed by atoms with van der Waals surface area (Å²) >= 11 is 2.02. The summed E-state index contributed by atoms with van der Waals surface area (Å²) in [5, 5.41) is 2.66. The lowest BCUT2D eigenvalue weighted by Crippen LogP contribution is -2.27. The number of benzene rings is 2. The third-order valence-corrected chi connectivity index (χ3v) is 4.33. The van der Waals surface area contributed by atoms with E-state index in [1.54, 1.807) is 12.1 Å². The Morgan fingerprint density at radius 2 is 1.71 bits per heavy atom. The van der Waals surface area contributed by atoms with Gasteiger partial charge in [0.05, 0.1) is 19.8 Å². The molecule has 0 bridgehead atoms. The number of hydrogen-bond donors (Lipinski definition) is 1. The average molecular weight is 447 g/mol. The van der Waals surface area contributed by atoms with Gasteiger partial charge in [-0.1, -0.05) is 6.07 Å². The molecule has 0 saturated carbocycles. The molecule has 2 aromatic rings. The lowest BCUT2D eigenvalue weighted by Gasteiger charge is -2.12. The van der Waals surface area contributed by atoms with Crippen molar-refractivity contribution < 1.29 is 23.0 Å². The van der Waals surface area contributed by atoms with Crippen LogP contribution in [0, 0.1) is 15.2 Å². The highest BCUT2D eigenvalue weighted by atomic mass is 127. The summed E-state index contributed by atoms with van der Waals surface area (Å²) in [5.74, 6) is -0.637. The molecule has 2 rings (SSSR count). The molecule has 1 N–H and O–H groups in total. The first kappa shape index (κ1) is 18.4. The quantitative estimate of drug-likeness (QED) is 0.690. The van der Waals surface area contributed by atoms with Crippen molar-refractivity contribution in [3.8, 4) is 11.5 Å². The molecule has 0 heterocycles. The third-order valence-electron chi connectivity index (χ3n) is 3.44. The number of carbonyl (C=O) groups is 1. The lowest BCUT2D eigenvalue weighted by molar-refractivity contribution is 0.0952. The fraction of sp³-hybridized carbons (Fsp3) is 0.235. The van der Waals surface area contributed by atoms with Crippen LogP contribution in [0.2, 0.25) is 0 Å². The molecule has 0 saturated heterocycles. The molecule has 0 aromatic heterocycles. The van der Waals surface area contributed by atoms with Crippen LogP contribution in [0.5, 0.6) is 11.5 Å². The van der Waals surface area contributed by atoms with Gasteiger partial charge in [0.25, 0.3) is 5.91 Å². The molecule has 0 radical (unpaired) electrons. The Hall–Kier alpha value is -1.90. The molecular weight excluding hydrogens is 431 g/mol. The monoisotopic (exact) mass is 447 g/mol. The van der Waals surface area contributed by atoms with Crippen LogP contribution in [0.1, 0.15) is 15.9 Å². The summed E-state index contributed by atoms with van der Waals surface area (Å²) in [6.07, 6.45) is 0.0636. The highest BCUT2D eigenvalue weighted by Gasteiger charge is 2.16. The Bertz CT molecular complexity index is 733. The molecule has 0 aliphatic rings. The van der Waals surface area contributed by atoms with Crippen molar-refractivity contribution in [1.82, 2.24) is 5.32 Å². The molecule has 0 fully saturated rings. The van der Waals surface area contributed by atoms with Crippen molar-refractivity contribution in [3.63, 3.8) is 0 Å². The van der Waals surface area contributed by atoms with Gasteiger partial charge >= 0.3 is 0 Å². The second kappa shape index (κ2) is 8.27. The first-order chi connectivity index (χ1) is 11.5. The van der Waals surface area contributed by atoms with Gasteiger partial charge in [0.15, 0.2) is 11.5 Å². The van der Waals surface area contributed by atoms with Gasteiger partial charge < -0.3 is 14.8 Å². The highest BCUT2D eigenvalue weighted by Crippen LogP contribution is 2.31. The second-order valence-electron chi connectivity index (χ2n) is 4.89. The van der Waals surface area contributed by atoms with Crippen LogP contribution in [0.3, 0.4) is 0 Å². The van der Waals surface area contributed by atoms with Crippen molar-refractivity contribution >= 4 is 28.5 Å². The minimum atomic E-state index is -0.620. The molecule has 0 spiro atoms. The number of ether oxygens (including phenoxy) is 2. The smallest absolute Gasteiger partial charge is 0.252 e. The fourth-order valence-corrected chi connectivity index (χ4v) is 2.88.